The Balaban J connectivity index is 2.05. The van der Waals surface area contributed by atoms with E-state index in [0.717, 1.165) is 28.4 Å². The molecule has 94 valence electrons. The van der Waals surface area contributed by atoms with Gasteiger partial charge >= 0.3 is 0 Å². The Bertz CT molecular complexity index is 653. The van der Waals surface area contributed by atoms with E-state index in [4.69, 9.17) is 15.5 Å². The summed E-state index contributed by atoms with van der Waals surface area (Å²) in [7, 11) is 0. The summed E-state index contributed by atoms with van der Waals surface area (Å²) in [6.07, 6.45) is 3.51. The number of thioether (sulfide) groups is 1. The summed E-state index contributed by atoms with van der Waals surface area (Å²) in [6, 6.07) is 9.95. The van der Waals surface area contributed by atoms with Gasteiger partial charge in [0.2, 0.25) is 0 Å². The van der Waals surface area contributed by atoms with E-state index in [1.54, 1.807) is 24.2 Å². The van der Waals surface area contributed by atoms with Crippen LogP contribution in [0.5, 0.6) is 11.5 Å². The SMILES string of the molecule is NC1=NC2(CS1)c1ccccc1Oc1cnccc12. The lowest BCUT2D eigenvalue weighted by atomic mass is 9.83. The summed E-state index contributed by atoms with van der Waals surface area (Å²) in [6.45, 7) is 0. The smallest absolute Gasteiger partial charge is 0.155 e. The van der Waals surface area contributed by atoms with Gasteiger partial charge in [-0.25, -0.2) is 4.99 Å². The monoisotopic (exact) mass is 269 g/mol. The summed E-state index contributed by atoms with van der Waals surface area (Å²) >= 11 is 1.58. The third-order valence-corrected chi connectivity index (χ3v) is 4.46. The van der Waals surface area contributed by atoms with Crippen LogP contribution in [0, 0.1) is 0 Å². The van der Waals surface area contributed by atoms with Crippen LogP contribution < -0.4 is 10.5 Å². The average molecular weight is 269 g/mol. The fraction of sp³-hybridized carbons (Fsp3) is 0.143. The predicted molar refractivity (Wildman–Crippen MR) is 75.6 cm³/mol. The second-order valence-electron chi connectivity index (χ2n) is 4.57. The number of aliphatic imine (C=N–C) groups is 1. The van der Waals surface area contributed by atoms with Crippen LogP contribution in [-0.2, 0) is 5.54 Å². The van der Waals surface area contributed by atoms with Crippen LogP contribution in [0.2, 0.25) is 0 Å². The number of fused-ring (bicyclic) bond motifs is 4. The first-order valence-corrected chi connectivity index (χ1v) is 6.98. The molecule has 1 aromatic heterocycles. The molecule has 2 aliphatic heterocycles. The van der Waals surface area contributed by atoms with Crippen molar-refractivity contribution in [3.63, 3.8) is 0 Å². The summed E-state index contributed by atoms with van der Waals surface area (Å²) in [5, 5.41) is 0.625. The highest BCUT2D eigenvalue weighted by atomic mass is 32.2. The molecular formula is C14H11N3OS. The molecule has 1 spiro atoms. The fourth-order valence-corrected chi connectivity index (χ4v) is 3.62. The lowest BCUT2D eigenvalue weighted by Gasteiger charge is -2.33. The Morgan fingerprint density at radius 2 is 2.00 bits per heavy atom. The maximum absolute atomic E-state index is 5.92. The van der Waals surface area contributed by atoms with Gasteiger partial charge in [-0.2, -0.15) is 0 Å². The topological polar surface area (TPSA) is 60.5 Å². The Morgan fingerprint density at radius 3 is 2.84 bits per heavy atom. The first kappa shape index (κ1) is 10.9. The molecule has 1 atom stereocenters. The lowest BCUT2D eigenvalue weighted by Crippen LogP contribution is -2.30. The van der Waals surface area contributed by atoms with E-state index >= 15 is 0 Å². The van der Waals surface area contributed by atoms with Crippen molar-refractivity contribution in [3.05, 3.63) is 53.9 Å². The molecule has 2 N–H and O–H groups in total. The van der Waals surface area contributed by atoms with Gasteiger partial charge in [0.25, 0.3) is 0 Å². The average Bonchev–Trinajstić information content (AvgIpc) is 2.82. The number of benzene rings is 1. The number of nitrogens with two attached hydrogens (primary N) is 1. The predicted octanol–water partition coefficient (Wildman–Crippen LogP) is 2.49. The van der Waals surface area contributed by atoms with Crippen molar-refractivity contribution in [1.29, 1.82) is 0 Å². The van der Waals surface area contributed by atoms with Gasteiger partial charge in [-0.15, -0.1) is 0 Å². The van der Waals surface area contributed by atoms with Crippen molar-refractivity contribution in [1.82, 2.24) is 4.98 Å². The van der Waals surface area contributed by atoms with Crippen LogP contribution in [0.4, 0.5) is 0 Å². The number of aromatic nitrogens is 1. The summed E-state index contributed by atoms with van der Waals surface area (Å²) in [4.78, 5) is 8.84. The molecule has 0 bridgehead atoms. The normalized spacial score (nSPS) is 23.5. The zero-order valence-corrected chi connectivity index (χ0v) is 10.9. The molecule has 4 rings (SSSR count). The van der Waals surface area contributed by atoms with Crippen molar-refractivity contribution < 1.29 is 4.74 Å². The fourth-order valence-electron chi connectivity index (χ4n) is 2.67. The van der Waals surface area contributed by atoms with Crippen LogP contribution in [0.1, 0.15) is 11.1 Å². The second kappa shape index (κ2) is 3.74. The Labute approximate surface area is 114 Å². The number of para-hydroxylation sites is 1. The molecule has 0 saturated carbocycles. The molecule has 0 fully saturated rings. The van der Waals surface area contributed by atoms with Gasteiger partial charge in [-0.3, -0.25) is 4.98 Å². The molecule has 0 aliphatic carbocycles. The van der Waals surface area contributed by atoms with E-state index in [-0.39, 0.29) is 0 Å². The molecule has 4 nitrogen and oxygen atoms in total. The number of hydrogen-bond donors (Lipinski definition) is 1. The zero-order chi connectivity index (χ0) is 12.9. The highest BCUT2D eigenvalue weighted by Gasteiger charge is 2.45. The minimum absolute atomic E-state index is 0.429. The summed E-state index contributed by atoms with van der Waals surface area (Å²) < 4.78 is 5.92. The van der Waals surface area contributed by atoms with Crippen LogP contribution in [-0.4, -0.2) is 15.9 Å². The maximum Gasteiger partial charge on any atom is 0.155 e. The van der Waals surface area contributed by atoms with Gasteiger partial charge in [0.15, 0.2) is 10.9 Å². The number of rotatable bonds is 0. The van der Waals surface area contributed by atoms with Crippen LogP contribution >= 0.6 is 11.8 Å². The van der Waals surface area contributed by atoms with Crippen molar-refractivity contribution in [2.75, 3.05) is 5.75 Å². The summed E-state index contributed by atoms with van der Waals surface area (Å²) in [5.74, 6) is 2.40. The van der Waals surface area contributed by atoms with E-state index < -0.39 is 5.54 Å². The highest BCUT2D eigenvalue weighted by molar-refractivity contribution is 8.14. The largest absolute Gasteiger partial charge is 0.455 e. The molecule has 1 aromatic carbocycles. The van der Waals surface area contributed by atoms with Crippen molar-refractivity contribution >= 4 is 16.9 Å². The van der Waals surface area contributed by atoms with Gasteiger partial charge < -0.3 is 10.5 Å². The Kier molecular flexibility index (Phi) is 2.14. The number of hydrogen-bond acceptors (Lipinski definition) is 5. The number of pyridine rings is 1. The Morgan fingerprint density at radius 1 is 1.16 bits per heavy atom. The molecule has 0 radical (unpaired) electrons. The van der Waals surface area contributed by atoms with Gasteiger partial charge in [0, 0.05) is 23.1 Å². The van der Waals surface area contributed by atoms with Gasteiger partial charge in [0.1, 0.15) is 11.3 Å². The molecule has 0 amide bonds. The van der Waals surface area contributed by atoms with Gasteiger partial charge in [-0.05, 0) is 12.1 Å². The minimum Gasteiger partial charge on any atom is -0.455 e. The zero-order valence-electron chi connectivity index (χ0n) is 10.0. The van der Waals surface area contributed by atoms with Crippen LogP contribution in [0.25, 0.3) is 0 Å². The lowest BCUT2D eigenvalue weighted by molar-refractivity contribution is 0.414. The molecule has 1 unspecified atom stereocenters. The number of nitrogens with zero attached hydrogens (tertiary/aromatic N) is 2. The molecule has 5 heteroatoms. The van der Waals surface area contributed by atoms with Crippen LogP contribution in [0.15, 0.2) is 47.7 Å². The summed E-state index contributed by atoms with van der Waals surface area (Å²) in [5.41, 5.74) is 7.59. The second-order valence-corrected chi connectivity index (χ2v) is 5.56. The first-order chi connectivity index (χ1) is 9.29. The van der Waals surface area contributed by atoms with E-state index in [2.05, 4.69) is 11.1 Å². The maximum atomic E-state index is 5.92. The standard InChI is InChI=1S/C14H11N3OS/c15-13-17-14(8-19-13)9-3-1-2-4-11(9)18-12-7-16-6-5-10(12)14/h1-7H,8H2,(H2,15,17). The van der Waals surface area contributed by atoms with E-state index in [9.17, 15) is 0 Å². The van der Waals surface area contributed by atoms with E-state index in [1.807, 2.05) is 24.3 Å². The van der Waals surface area contributed by atoms with Gasteiger partial charge in [0.05, 0.1) is 6.20 Å². The minimum atomic E-state index is -0.429. The van der Waals surface area contributed by atoms with E-state index in [1.165, 1.54) is 0 Å². The molecule has 0 saturated heterocycles. The highest BCUT2D eigenvalue weighted by Crippen LogP contribution is 2.52. The van der Waals surface area contributed by atoms with Crippen LogP contribution in [0.3, 0.4) is 0 Å². The molecular weight excluding hydrogens is 258 g/mol. The Hall–Kier alpha value is -2.01. The molecule has 2 aromatic rings. The van der Waals surface area contributed by atoms with Crippen molar-refractivity contribution in [2.45, 2.75) is 5.54 Å². The first-order valence-electron chi connectivity index (χ1n) is 5.99. The molecule has 19 heavy (non-hydrogen) atoms. The third kappa shape index (κ3) is 1.42. The van der Waals surface area contributed by atoms with Crippen molar-refractivity contribution in [3.8, 4) is 11.5 Å². The molecule has 2 aliphatic rings. The number of amidine groups is 1. The number of ether oxygens (including phenoxy) is 1. The van der Waals surface area contributed by atoms with Gasteiger partial charge in [-0.1, -0.05) is 30.0 Å². The third-order valence-electron chi connectivity index (χ3n) is 3.51. The quantitative estimate of drug-likeness (QED) is 0.798. The van der Waals surface area contributed by atoms with E-state index in [0.29, 0.717) is 5.17 Å². The van der Waals surface area contributed by atoms with Crippen molar-refractivity contribution in [2.24, 2.45) is 10.7 Å². The molecule has 3 heterocycles.